The van der Waals surface area contributed by atoms with Crippen molar-refractivity contribution in [2.75, 3.05) is 0 Å². The van der Waals surface area contributed by atoms with Gasteiger partial charge in [0.15, 0.2) is 0 Å². The number of carbonyl (C=O) groups is 2. The Labute approximate surface area is 292 Å². The summed E-state index contributed by atoms with van der Waals surface area (Å²) in [5, 5.41) is 4.68. The molecule has 0 atom stereocenters. The standard InChI is InChI=1S/C46H62O2/c1-3-5-7-9-11-13-15-17-19-21-23-39-27-29-41-33-37(35-47)25-31-43(41)45(39)46-40(24-22-20-18-16-14-12-10-8-6-4-2)28-30-42-34-38(36-48)26-32-44(42)46/h25-36H,3-24H2,1-2H3. The van der Waals surface area contributed by atoms with Crippen molar-refractivity contribution in [3.63, 3.8) is 0 Å². The first-order valence-electron chi connectivity index (χ1n) is 19.7. The zero-order chi connectivity index (χ0) is 33.8. The van der Waals surface area contributed by atoms with Crippen LogP contribution in [0.5, 0.6) is 0 Å². The van der Waals surface area contributed by atoms with Crippen molar-refractivity contribution >= 4 is 34.1 Å². The molecule has 0 fully saturated rings. The number of carbonyl (C=O) groups excluding carboxylic acids is 2. The van der Waals surface area contributed by atoms with Crippen molar-refractivity contribution < 1.29 is 9.59 Å². The molecule has 0 N–H and O–H groups in total. The van der Waals surface area contributed by atoms with Gasteiger partial charge in [0.1, 0.15) is 12.6 Å². The first kappa shape index (κ1) is 37.6. The fourth-order valence-electron chi connectivity index (χ4n) is 7.55. The molecule has 0 radical (unpaired) electrons. The summed E-state index contributed by atoms with van der Waals surface area (Å²) in [6.07, 6.45) is 30.7. The summed E-state index contributed by atoms with van der Waals surface area (Å²) in [5.74, 6) is 0. The minimum absolute atomic E-state index is 0.718. The lowest BCUT2D eigenvalue weighted by Crippen LogP contribution is -1.99. The number of benzene rings is 4. The molecule has 0 aliphatic heterocycles. The van der Waals surface area contributed by atoms with Gasteiger partial charge in [0.05, 0.1) is 0 Å². The Morgan fingerprint density at radius 3 is 1.06 bits per heavy atom. The zero-order valence-corrected chi connectivity index (χ0v) is 30.3. The van der Waals surface area contributed by atoms with Crippen molar-refractivity contribution in [2.24, 2.45) is 0 Å². The third-order valence-corrected chi connectivity index (χ3v) is 10.4. The SMILES string of the molecule is CCCCCCCCCCCCc1ccc2cc(C=O)ccc2c1-c1c(CCCCCCCCCCCC)ccc2cc(C=O)ccc12. The summed E-state index contributed by atoms with van der Waals surface area (Å²) in [5.41, 5.74) is 6.89. The smallest absolute Gasteiger partial charge is 0.150 e. The summed E-state index contributed by atoms with van der Waals surface area (Å²) in [6.45, 7) is 4.57. The topological polar surface area (TPSA) is 34.1 Å². The van der Waals surface area contributed by atoms with Crippen molar-refractivity contribution in [1.82, 2.24) is 0 Å². The van der Waals surface area contributed by atoms with E-state index in [0.717, 1.165) is 47.3 Å². The molecule has 0 unspecified atom stereocenters. The molecule has 0 bridgehead atoms. The Morgan fingerprint density at radius 1 is 0.396 bits per heavy atom. The van der Waals surface area contributed by atoms with Gasteiger partial charge >= 0.3 is 0 Å². The van der Waals surface area contributed by atoms with Crippen LogP contribution in [0, 0.1) is 0 Å². The Balaban J connectivity index is 1.56. The van der Waals surface area contributed by atoms with E-state index in [0.29, 0.717) is 0 Å². The maximum absolute atomic E-state index is 11.7. The highest BCUT2D eigenvalue weighted by atomic mass is 16.1. The number of hydrogen-bond donors (Lipinski definition) is 0. The molecule has 0 aliphatic rings. The van der Waals surface area contributed by atoms with Gasteiger partial charge in [0.2, 0.25) is 0 Å². The molecule has 2 heteroatoms. The fourth-order valence-corrected chi connectivity index (χ4v) is 7.55. The van der Waals surface area contributed by atoms with Gasteiger partial charge < -0.3 is 0 Å². The van der Waals surface area contributed by atoms with E-state index < -0.39 is 0 Å². The third kappa shape index (κ3) is 11.4. The van der Waals surface area contributed by atoms with Gasteiger partial charge in [-0.2, -0.15) is 0 Å². The number of unbranched alkanes of at least 4 members (excludes halogenated alkanes) is 18. The lowest BCUT2D eigenvalue weighted by molar-refractivity contribution is 0.111. The first-order chi connectivity index (χ1) is 23.7. The minimum Gasteiger partial charge on any atom is -0.298 e. The maximum Gasteiger partial charge on any atom is 0.150 e. The quantitative estimate of drug-likeness (QED) is 0.0530. The van der Waals surface area contributed by atoms with Crippen LogP contribution in [-0.2, 0) is 12.8 Å². The van der Waals surface area contributed by atoms with E-state index in [9.17, 15) is 9.59 Å². The van der Waals surface area contributed by atoms with E-state index in [2.05, 4.69) is 50.2 Å². The Hall–Kier alpha value is -3.26. The molecule has 0 aromatic heterocycles. The number of rotatable bonds is 25. The molecule has 0 aliphatic carbocycles. The molecule has 4 aromatic carbocycles. The number of fused-ring (bicyclic) bond motifs is 2. The van der Waals surface area contributed by atoms with Crippen molar-refractivity contribution in [1.29, 1.82) is 0 Å². The molecule has 0 heterocycles. The van der Waals surface area contributed by atoms with Gasteiger partial charge in [0.25, 0.3) is 0 Å². The van der Waals surface area contributed by atoms with Gasteiger partial charge in [-0.3, -0.25) is 9.59 Å². The highest BCUT2D eigenvalue weighted by molar-refractivity contribution is 6.09. The van der Waals surface area contributed by atoms with E-state index >= 15 is 0 Å². The lowest BCUT2D eigenvalue weighted by Gasteiger charge is -2.20. The lowest BCUT2D eigenvalue weighted by atomic mass is 9.84. The summed E-state index contributed by atoms with van der Waals surface area (Å²) >= 11 is 0. The Bertz CT molecular complexity index is 1430. The average Bonchev–Trinajstić information content (AvgIpc) is 3.12. The van der Waals surface area contributed by atoms with E-state index in [1.54, 1.807) is 0 Å². The Kier molecular flexibility index (Phi) is 16.9. The van der Waals surface area contributed by atoms with Crippen molar-refractivity contribution in [3.8, 4) is 11.1 Å². The van der Waals surface area contributed by atoms with Crippen LogP contribution >= 0.6 is 0 Å². The van der Waals surface area contributed by atoms with E-state index in [1.165, 1.54) is 161 Å². The molecule has 0 saturated carbocycles. The molecule has 2 nitrogen and oxygen atoms in total. The highest BCUT2D eigenvalue weighted by Crippen LogP contribution is 2.41. The molecular weight excluding hydrogens is 585 g/mol. The van der Waals surface area contributed by atoms with Crippen molar-refractivity contribution in [3.05, 3.63) is 82.9 Å². The zero-order valence-electron chi connectivity index (χ0n) is 30.3. The summed E-state index contributed by atoms with van der Waals surface area (Å²) in [6, 6.07) is 21.4. The number of hydrogen-bond acceptors (Lipinski definition) is 2. The van der Waals surface area contributed by atoms with Gasteiger partial charge in [-0.25, -0.2) is 0 Å². The van der Waals surface area contributed by atoms with Crippen LogP contribution in [-0.4, -0.2) is 12.6 Å². The predicted octanol–water partition coefficient (Wildman–Crippen LogP) is 14.2. The molecule has 4 rings (SSSR count). The molecule has 4 aromatic rings. The highest BCUT2D eigenvalue weighted by Gasteiger charge is 2.18. The second-order valence-electron chi connectivity index (χ2n) is 14.3. The molecule has 0 amide bonds. The number of aldehydes is 2. The van der Waals surface area contributed by atoms with Gasteiger partial charge in [-0.05, 0) is 81.6 Å². The summed E-state index contributed by atoms with van der Waals surface area (Å²) in [7, 11) is 0. The molecular formula is C46H62O2. The normalized spacial score (nSPS) is 11.5. The number of aryl methyl sites for hydroxylation is 2. The van der Waals surface area contributed by atoms with Crippen LogP contribution in [0.2, 0.25) is 0 Å². The van der Waals surface area contributed by atoms with Gasteiger partial charge in [0, 0.05) is 11.1 Å². The largest absolute Gasteiger partial charge is 0.298 e. The Morgan fingerprint density at radius 2 is 0.729 bits per heavy atom. The monoisotopic (exact) mass is 646 g/mol. The van der Waals surface area contributed by atoms with Gasteiger partial charge in [-0.1, -0.05) is 178 Å². The van der Waals surface area contributed by atoms with Crippen LogP contribution in [0.25, 0.3) is 32.7 Å². The molecule has 0 saturated heterocycles. The summed E-state index contributed by atoms with van der Waals surface area (Å²) < 4.78 is 0. The van der Waals surface area contributed by atoms with Crippen LogP contribution in [0.15, 0.2) is 60.7 Å². The maximum atomic E-state index is 11.7. The van der Waals surface area contributed by atoms with Crippen LogP contribution in [0.3, 0.4) is 0 Å². The van der Waals surface area contributed by atoms with Crippen LogP contribution < -0.4 is 0 Å². The van der Waals surface area contributed by atoms with Gasteiger partial charge in [-0.15, -0.1) is 0 Å². The van der Waals surface area contributed by atoms with E-state index in [-0.39, 0.29) is 0 Å². The molecule has 0 spiro atoms. The van der Waals surface area contributed by atoms with E-state index in [1.807, 2.05) is 24.3 Å². The average molecular weight is 647 g/mol. The predicted molar refractivity (Wildman–Crippen MR) is 209 cm³/mol. The van der Waals surface area contributed by atoms with Crippen LogP contribution in [0.1, 0.15) is 174 Å². The second kappa shape index (κ2) is 21.7. The second-order valence-corrected chi connectivity index (χ2v) is 14.3. The van der Waals surface area contributed by atoms with Crippen LogP contribution in [0.4, 0.5) is 0 Å². The van der Waals surface area contributed by atoms with E-state index in [4.69, 9.17) is 0 Å². The minimum atomic E-state index is 0.718. The third-order valence-electron chi connectivity index (χ3n) is 10.4. The molecule has 48 heavy (non-hydrogen) atoms. The fraction of sp³-hybridized carbons (Fsp3) is 0.522. The molecule has 258 valence electrons. The van der Waals surface area contributed by atoms with Crippen molar-refractivity contribution in [2.45, 2.75) is 155 Å². The summed E-state index contributed by atoms with van der Waals surface area (Å²) in [4.78, 5) is 23.4. The first-order valence-corrected chi connectivity index (χ1v) is 19.7.